The summed E-state index contributed by atoms with van der Waals surface area (Å²) in [5.41, 5.74) is 3.23. The number of benzene rings is 2. The number of aromatic nitrogens is 2. The predicted molar refractivity (Wildman–Crippen MR) is 110 cm³/mol. The van der Waals surface area contributed by atoms with Gasteiger partial charge in [0.2, 0.25) is 5.91 Å². The number of carbonyl (C=O) groups is 2. The van der Waals surface area contributed by atoms with Crippen molar-refractivity contribution >= 4 is 46.3 Å². The number of anilines is 4. The summed E-state index contributed by atoms with van der Waals surface area (Å²) in [5, 5.41) is 9.17. The van der Waals surface area contributed by atoms with Gasteiger partial charge in [0.25, 0.3) is 5.91 Å². The average molecular weight is 396 g/mol. The summed E-state index contributed by atoms with van der Waals surface area (Å²) in [6.45, 7) is 3.37. The van der Waals surface area contributed by atoms with Crippen LogP contribution in [0.2, 0.25) is 5.02 Å². The molecule has 0 bridgehead atoms. The van der Waals surface area contributed by atoms with Crippen molar-refractivity contribution in [3.8, 4) is 0 Å². The van der Waals surface area contributed by atoms with E-state index in [4.69, 9.17) is 11.6 Å². The molecule has 2 amide bonds. The lowest BCUT2D eigenvalue weighted by Gasteiger charge is -2.10. The number of rotatable bonds is 5. The van der Waals surface area contributed by atoms with Gasteiger partial charge in [-0.1, -0.05) is 17.7 Å². The minimum atomic E-state index is -0.374. The number of halogens is 1. The Morgan fingerprint density at radius 3 is 2.29 bits per heavy atom. The van der Waals surface area contributed by atoms with Crippen molar-refractivity contribution < 1.29 is 9.59 Å². The molecule has 0 aliphatic carbocycles. The molecule has 0 aliphatic rings. The number of nitrogens with zero attached hydrogens (tertiary/aromatic N) is 2. The molecule has 0 saturated carbocycles. The first-order valence-electron chi connectivity index (χ1n) is 8.45. The Labute approximate surface area is 167 Å². The number of amides is 2. The zero-order chi connectivity index (χ0) is 20.1. The van der Waals surface area contributed by atoms with Gasteiger partial charge in [-0.2, -0.15) is 0 Å². The van der Waals surface area contributed by atoms with E-state index in [1.807, 2.05) is 13.0 Å². The van der Waals surface area contributed by atoms with Gasteiger partial charge in [0.15, 0.2) is 0 Å². The standard InChI is InChI=1S/C20H18ClN5O2/c1-12-3-4-14(21)9-17(12)26-19-10-18(22-11-23-19)20(28)25-16-7-5-15(6-8-16)24-13(2)27/h3-11H,1-2H3,(H,24,27)(H,25,28)(H,22,23,26). The molecule has 0 fully saturated rings. The Balaban J connectivity index is 1.71. The second-order valence-electron chi connectivity index (χ2n) is 6.09. The van der Waals surface area contributed by atoms with E-state index < -0.39 is 0 Å². The maximum Gasteiger partial charge on any atom is 0.274 e. The molecule has 0 atom stereocenters. The van der Waals surface area contributed by atoms with E-state index in [9.17, 15) is 9.59 Å². The Morgan fingerprint density at radius 2 is 1.61 bits per heavy atom. The van der Waals surface area contributed by atoms with Crippen molar-refractivity contribution in [2.45, 2.75) is 13.8 Å². The summed E-state index contributed by atoms with van der Waals surface area (Å²) in [4.78, 5) is 31.7. The van der Waals surface area contributed by atoms with Gasteiger partial charge in [-0.15, -0.1) is 0 Å². The number of hydrogen-bond donors (Lipinski definition) is 3. The highest BCUT2D eigenvalue weighted by Crippen LogP contribution is 2.23. The van der Waals surface area contributed by atoms with Crippen LogP contribution in [-0.2, 0) is 4.79 Å². The first-order valence-corrected chi connectivity index (χ1v) is 8.83. The maximum atomic E-state index is 12.5. The van der Waals surface area contributed by atoms with Gasteiger partial charge >= 0.3 is 0 Å². The molecular weight excluding hydrogens is 378 g/mol. The van der Waals surface area contributed by atoms with Crippen LogP contribution in [0, 0.1) is 6.92 Å². The molecule has 1 heterocycles. The molecule has 28 heavy (non-hydrogen) atoms. The lowest BCUT2D eigenvalue weighted by Crippen LogP contribution is -2.14. The molecule has 3 rings (SSSR count). The monoisotopic (exact) mass is 395 g/mol. The zero-order valence-electron chi connectivity index (χ0n) is 15.3. The van der Waals surface area contributed by atoms with Crippen LogP contribution in [0.25, 0.3) is 0 Å². The summed E-state index contributed by atoms with van der Waals surface area (Å²) in [7, 11) is 0. The minimum Gasteiger partial charge on any atom is -0.340 e. The maximum absolute atomic E-state index is 12.5. The molecule has 0 spiro atoms. The number of aryl methyl sites for hydroxylation is 1. The van der Waals surface area contributed by atoms with Crippen LogP contribution in [0.3, 0.4) is 0 Å². The van der Waals surface area contributed by atoms with Gasteiger partial charge in [0.05, 0.1) is 0 Å². The second kappa shape index (κ2) is 8.49. The number of nitrogens with one attached hydrogen (secondary N) is 3. The third kappa shape index (κ3) is 5.05. The smallest absolute Gasteiger partial charge is 0.274 e. The van der Waals surface area contributed by atoms with Crippen LogP contribution in [0.15, 0.2) is 54.9 Å². The summed E-state index contributed by atoms with van der Waals surface area (Å²) in [6.07, 6.45) is 1.32. The van der Waals surface area contributed by atoms with Gasteiger partial charge in [0.1, 0.15) is 17.8 Å². The Bertz CT molecular complexity index is 1020. The predicted octanol–water partition coefficient (Wildman–Crippen LogP) is 4.39. The SMILES string of the molecule is CC(=O)Nc1ccc(NC(=O)c2cc(Nc3cc(Cl)ccc3C)ncn2)cc1. The topological polar surface area (TPSA) is 96.0 Å². The first-order chi connectivity index (χ1) is 13.4. The third-order valence-electron chi connectivity index (χ3n) is 3.83. The summed E-state index contributed by atoms with van der Waals surface area (Å²) >= 11 is 6.03. The van der Waals surface area contributed by atoms with Gasteiger partial charge in [-0.05, 0) is 48.9 Å². The highest BCUT2D eigenvalue weighted by molar-refractivity contribution is 6.30. The van der Waals surface area contributed by atoms with Crippen LogP contribution >= 0.6 is 11.6 Å². The Kier molecular flexibility index (Phi) is 5.86. The summed E-state index contributed by atoms with van der Waals surface area (Å²) in [5.74, 6) is -0.0557. The quantitative estimate of drug-likeness (QED) is 0.595. The molecule has 7 nitrogen and oxygen atoms in total. The molecule has 0 aliphatic heterocycles. The fourth-order valence-electron chi connectivity index (χ4n) is 2.45. The second-order valence-corrected chi connectivity index (χ2v) is 6.52. The number of hydrogen-bond acceptors (Lipinski definition) is 5. The summed E-state index contributed by atoms with van der Waals surface area (Å²) in [6, 6.07) is 13.8. The van der Waals surface area contributed by atoms with E-state index in [1.165, 1.54) is 13.3 Å². The molecular formula is C20H18ClN5O2. The molecule has 0 radical (unpaired) electrons. The van der Waals surface area contributed by atoms with Crippen molar-refractivity contribution in [2.24, 2.45) is 0 Å². The molecule has 3 N–H and O–H groups in total. The van der Waals surface area contributed by atoms with E-state index in [0.717, 1.165) is 11.3 Å². The molecule has 2 aromatic carbocycles. The molecule has 3 aromatic rings. The van der Waals surface area contributed by atoms with Gasteiger partial charge in [-0.3, -0.25) is 9.59 Å². The third-order valence-corrected chi connectivity index (χ3v) is 4.06. The zero-order valence-corrected chi connectivity index (χ0v) is 16.0. The van der Waals surface area contributed by atoms with Crippen LogP contribution in [0.1, 0.15) is 23.0 Å². The highest BCUT2D eigenvalue weighted by Gasteiger charge is 2.10. The van der Waals surface area contributed by atoms with Gasteiger partial charge < -0.3 is 16.0 Å². The van der Waals surface area contributed by atoms with Crippen molar-refractivity contribution in [3.05, 3.63) is 71.1 Å². The van der Waals surface area contributed by atoms with E-state index in [-0.39, 0.29) is 17.5 Å². The van der Waals surface area contributed by atoms with Gasteiger partial charge in [0, 0.05) is 35.1 Å². The van der Waals surface area contributed by atoms with Crippen LogP contribution in [-0.4, -0.2) is 21.8 Å². The molecule has 1 aromatic heterocycles. The van der Waals surface area contributed by atoms with Crippen molar-refractivity contribution in [1.82, 2.24) is 9.97 Å². The lowest BCUT2D eigenvalue weighted by molar-refractivity contribution is -0.114. The Hall–Kier alpha value is -3.45. The summed E-state index contributed by atoms with van der Waals surface area (Å²) < 4.78 is 0. The molecule has 8 heteroatoms. The normalized spacial score (nSPS) is 10.2. The largest absolute Gasteiger partial charge is 0.340 e. The van der Waals surface area contributed by atoms with Crippen molar-refractivity contribution in [2.75, 3.05) is 16.0 Å². The van der Waals surface area contributed by atoms with Gasteiger partial charge in [-0.25, -0.2) is 9.97 Å². The Morgan fingerprint density at radius 1 is 0.929 bits per heavy atom. The lowest BCUT2D eigenvalue weighted by atomic mass is 10.2. The molecule has 142 valence electrons. The van der Waals surface area contributed by atoms with Crippen LogP contribution < -0.4 is 16.0 Å². The van der Waals surface area contributed by atoms with E-state index in [2.05, 4.69) is 25.9 Å². The van der Waals surface area contributed by atoms with Crippen LogP contribution in [0.4, 0.5) is 22.9 Å². The highest BCUT2D eigenvalue weighted by atomic mass is 35.5. The molecule has 0 saturated heterocycles. The number of carbonyl (C=O) groups excluding carboxylic acids is 2. The fourth-order valence-corrected chi connectivity index (χ4v) is 2.62. The molecule has 0 unspecified atom stereocenters. The van der Waals surface area contributed by atoms with Crippen molar-refractivity contribution in [1.29, 1.82) is 0 Å². The average Bonchev–Trinajstić information content (AvgIpc) is 2.66. The minimum absolute atomic E-state index is 0.159. The fraction of sp³-hybridized carbons (Fsp3) is 0.100. The van der Waals surface area contributed by atoms with Crippen molar-refractivity contribution in [3.63, 3.8) is 0 Å². The van der Waals surface area contributed by atoms with E-state index in [1.54, 1.807) is 42.5 Å². The van der Waals surface area contributed by atoms with E-state index in [0.29, 0.717) is 22.2 Å². The van der Waals surface area contributed by atoms with E-state index >= 15 is 0 Å². The van der Waals surface area contributed by atoms with Crippen LogP contribution in [0.5, 0.6) is 0 Å². The first kappa shape index (κ1) is 19.3.